The van der Waals surface area contributed by atoms with Gasteiger partial charge in [0.05, 0.1) is 39.9 Å². The molecule has 0 saturated carbocycles. The maximum absolute atomic E-state index is 13.0. The molecule has 3 N–H and O–H groups in total. The fourth-order valence-electron chi connectivity index (χ4n) is 8.34. The molecule has 0 fully saturated rings. The number of unbranched alkanes of at least 4 members (excludes halogenated alkanes) is 27. The van der Waals surface area contributed by atoms with Crippen LogP contribution in [0.1, 0.15) is 251 Å². The molecule has 0 spiro atoms. The number of aliphatic hydroxyl groups excluding tert-OH is 1. The number of allylic oxidation sites excluding steroid dienone is 15. The Bertz CT molecular complexity index is 1510. The Morgan fingerprint density at radius 3 is 1.26 bits per heavy atom. The van der Waals surface area contributed by atoms with Crippen LogP contribution in [0.2, 0.25) is 0 Å². The SMILES string of the molecule is CC/C=C\C/C=C\C/C=C\C/C=C\C/C=C\CCCCCCCCCC(=O)NC(COP(=O)(O)OCC[N+](C)(C)C)C(O)/C=C/CC/C=C/CC/C=C/CCCCCCCCCCCCCCCCCCCC. The molecule has 3 atom stereocenters. The molecule has 0 aliphatic carbocycles. The minimum Gasteiger partial charge on any atom is -0.387 e. The topological polar surface area (TPSA) is 105 Å². The smallest absolute Gasteiger partial charge is 0.387 e. The number of aliphatic hydroxyl groups is 1. The first kappa shape index (κ1) is 70.4. The minimum atomic E-state index is -4.37. The van der Waals surface area contributed by atoms with Gasteiger partial charge in [0.1, 0.15) is 13.2 Å². The Balaban J connectivity index is 4.30. The van der Waals surface area contributed by atoms with Crippen LogP contribution < -0.4 is 5.32 Å². The highest BCUT2D eigenvalue weighted by atomic mass is 31.2. The van der Waals surface area contributed by atoms with E-state index in [-0.39, 0.29) is 19.1 Å². The first-order valence-corrected chi connectivity index (χ1v) is 31.6. The predicted molar refractivity (Wildman–Crippen MR) is 318 cm³/mol. The Morgan fingerprint density at radius 1 is 0.479 bits per heavy atom. The second-order valence-electron chi connectivity index (χ2n) is 21.3. The van der Waals surface area contributed by atoms with Crippen molar-refractivity contribution in [3.8, 4) is 0 Å². The summed E-state index contributed by atoms with van der Waals surface area (Å²) in [4.78, 5) is 23.3. The molecule has 0 saturated heterocycles. The van der Waals surface area contributed by atoms with E-state index in [1.165, 1.54) is 141 Å². The van der Waals surface area contributed by atoms with Gasteiger partial charge in [-0.3, -0.25) is 13.8 Å². The van der Waals surface area contributed by atoms with Crippen molar-refractivity contribution < 1.29 is 32.9 Å². The zero-order valence-electron chi connectivity index (χ0n) is 48.1. The zero-order valence-corrected chi connectivity index (χ0v) is 49.0. The number of rotatable bonds is 54. The number of nitrogens with zero attached hydrogens (tertiary/aromatic N) is 1. The Kier molecular flexibility index (Phi) is 52.3. The highest BCUT2D eigenvalue weighted by molar-refractivity contribution is 7.47. The van der Waals surface area contributed by atoms with Crippen LogP contribution in [0.25, 0.3) is 0 Å². The highest BCUT2D eigenvalue weighted by Gasteiger charge is 2.27. The minimum absolute atomic E-state index is 0.0461. The summed E-state index contributed by atoms with van der Waals surface area (Å²) in [5.41, 5.74) is 0. The maximum atomic E-state index is 13.0. The molecular formula is C64H116N2O6P+. The molecule has 0 aliphatic rings. The summed E-state index contributed by atoms with van der Waals surface area (Å²) in [5.74, 6) is -0.204. The molecule has 1 amide bonds. The maximum Gasteiger partial charge on any atom is 0.472 e. The van der Waals surface area contributed by atoms with E-state index in [1.54, 1.807) is 6.08 Å². The number of carbonyl (C=O) groups is 1. The van der Waals surface area contributed by atoms with Crippen LogP contribution in [0.3, 0.4) is 0 Å². The molecule has 0 aromatic heterocycles. The fourth-order valence-corrected chi connectivity index (χ4v) is 9.07. The van der Waals surface area contributed by atoms with Gasteiger partial charge in [-0.25, -0.2) is 4.57 Å². The van der Waals surface area contributed by atoms with Crippen molar-refractivity contribution in [2.24, 2.45) is 0 Å². The first-order valence-electron chi connectivity index (χ1n) is 30.1. The normalized spacial score (nSPS) is 14.6. The van der Waals surface area contributed by atoms with Crippen LogP contribution in [-0.2, 0) is 18.4 Å². The van der Waals surface area contributed by atoms with Gasteiger partial charge in [-0.2, -0.15) is 0 Å². The molecular weight excluding hydrogens is 924 g/mol. The number of nitrogens with one attached hydrogen (secondary N) is 1. The van der Waals surface area contributed by atoms with E-state index < -0.39 is 20.0 Å². The van der Waals surface area contributed by atoms with Crippen LogP contribution in [0.5, 0.6) is 0 Å². The van der Waals surface area contributed by atoms with E-state index in [0.717, 1.165) is 89.9 Å². The van der Waals surface area contributed by atoms with E-state index >= 15 is 0 Å². The summed E-state index contributed by atoms with van der Waals surface area (Å²) in [6, 6.07) is -0.884. The van der Waals surface area contributed by atoms with E-state index in [9.17, 15) is 19.4 Å². The fraction of sp³-hybridized carbons (Fsp3) is 0.734. The average molecular weight is 1040 g/mol. The van der Waals surface area contributed by atoms with E-state index in [0.29, 0.717) is 17.4 Å². The number of quaternary nitrogens is 1. The Labute approximate surface area is 451 Å². The van der Waals surface area contributed by atoms with Gasteiger partial charge in [-0.05, 0) is 89.9 Å². The number of hydrogen-bond acceptors (Lipinski definition) is 5. The number of likely N-dealkylation sites (N-methyl/N-ethyl adjacent to an activating group) is 1. The van der Waals surface area contributed by atoms with Gasteiger partial charge in [-0.1, -0.05) is 252 Å². The molecule has 73 heavy (non-hydrogen) atoms. The summed E-state index contributed by atoms with van der Waals surface area (Å²) >= 11 is 0. The summed E-state index contributed by atoms with van der Waals surface area (Å²) in [7, 11) is 1.53. The average Bonchev–Trinajstić information content (AvgIpc) is 3.35. The van der Waals surface area contributed by atoms with Gasteiger partial charge in [0.2, 0.25) is 5.91 Å². The largest absolute Gasteiger partial charge is 0.472 e. The molecule has 3 unspecified atom stereocenters. The molecule has 0 bridgehead atoms. The third kappa shape index (κ3) is 57.0. The monoisotopic (exact) mass is 1040 g/mol. The van der Waals surface area contributed by atoms with Gasteiger partial charge in [0.25, 0.3) is 0 Å². The molecule has 0 radical (unpaired) electrons. The molecule has 9 heteroatoms. The highest BCUT2D eigenvalue weighted by Crippen LogP contribution is 2.43. The van der Waals surface area contributed by atoms with Gasteiger partial charge < -0.3 is 19.8 Å². The standard InChI is InChI=1S/C64H115N2O6P/c1-6-8-10-12-14-16-18-20-22-24-26-28-30-31-32-33-34-36-37-39-41-43-45-47-49-51-53-55-57-63(67)62(61-72-73(69,70)71-60-59-66(3,4)5)65-64(68)58-56-54-52-50-48-46-44-42-40-38-35-29-27-25-23-21-19-17-15-13-11-9-7-2/h9,11,15,17,21,23,27,29,38-41,47,49,55,57,62-63,67H,6-8,10,12-14,16,18-20,22,24-26,28,30-37,42-46,48,50-54,56,58-61H2,1-5H3,(H-,65,68,69,70)/p+1/b11-9-,17-15-,23-21-,29-27-,40-38-,41-39+,49-47+,57-55+. The number of amides is 1. The lowest BCUT2D eigenvalue weighted by Gasteiger charge is -2.25. The molecule has 8 nitrogen and oxygen atoms in total. The Morgan fingerprint density at radius 2 is 0.836 bits per heavy atom. The first-order chi connectivity index (χ1) is 35.5. The van der Waals surface area contributed by atoms with E-state index in [2.05, 4.69) is 104 Å². The van der Waals surface area contributed by atoms with Gasteiger partial charge >= 0.3 is 7.82 Å². The van der Waals surface area contributed by atoms with Gasteiger partial charge in [0, 0.05) is 6.42 Å². The lowest BCUT2D eigenvalue weighted by atomic mass is 10.0. The number of carbonyl (C=O) groups excluding carboxylic acids is 1. The lowest BCUT2D eigenvalue weighted by Crippen LogP contribution is -2.45. The van der Waals surface area contributed by atoms with Crippen LogP contribution in [-0.4, -0.2) is 73.4 Å². The molecule has 0 aliphatic heterocycles. The van der Waals surface area contributed by atoms with Crippen LogP contribution in [0.4, 0.5) is 0 Å². The van der Waals surface area contributed by atoms with Crippen molar-refractivity contribution in [3.63, 3.8) is 0 Å². The van der Waals surface area contributed by atoms with E-state index in [4.69, 9.17) is 9.05 Å². The van der Waals surface area contributed by atoms with Crippen molar-refractivity contribution in [2.75, 3.05) is 40.9 Å². The van der Waals surface area contributed by atoms with Crippen molar-refractivity contribution >= 4 is 13.7 Å². The van der Waals surface area contributed by atoms with Crippen LogP contribution in [0, 0.1) is 0 Å². The second kappa shape index (κ2) is 54.2. The third-order valence-corrected chi connectivity index (χ3v) is 14.0. The second-order valence-corrected chi connectivity index (χ2v) is 22.8. The van der Waals surface area contributed by atoms with E-state index in [1.807, 2.05) is 27.2 Å². The number of hydrogen-bond donors (Lipinski definition) is 3. The number of phosphoric acid groups is 1. The molecule has 0 heterocycles. The summed E-state index contributed by atoms with van der Waals surface area (Å²) in [6.07, 6.45) is 78.1. The van der Waals surface area contributed by atoms with Gasteiger partial charge in [0.15, 0.2) is 0 Å². The summed E-state index contributed by atoms with van der Waals surface area (Å²) < 4.78 is 23.7. The predicted octanol–water partition coefficient (Wildman–Crippen LogP) is 18.6. The summed E-state index contributed by atoms with van der Waals surface area (Å²) in [5, 5.41) is 13.9. The van der Waals surface area contributed by atoms with Crippen molar-refractivity contribution in [3.05, 3.63) is 97.2 Å². The zero-order chi connectivity index (χ0) is 53.5. The Hall–Kier alpha value is -2.58. The van der Waals surface area contributed by atoms with Gasteiger partial charge in [-0.15, -0.1) is 0 Å². The molecule has 0 aromatic rings. The van der Waals surface area contributed by atoms with Crippen molar-refractivity contribution in [2.45, 2.75) is 264 Å². The summed E-state index contributed by atoms with van der Waals surface area (Å²) in [6.45, 7) is 4.67. The lowest BCUT2D eigenvalue weighted by molar-refractivity contribution is -0.870. The van der Waals surface area contributed by atoms with Crippen molar-refractivity contribution in [1.82, 2.24) is 5.32 Å². The molecule has 0 aromatic carbocycles. The van der Waals surface area contributed by atoms with Crippen molar-refractivity contribution in [1.29, 1.82) is 0 Å². The quantitative estimate of drug-likeness (QED) is 0.0243. The van der Waals surface area contributed by atoms with Crippen LogP contribution in [0.15, 0.2) is 97.2 Å². The molecule has 422 valence electrons. The number of phosphoric ester groups is 1. The third-order valence-electron chi connectivity index (χ3n) is 13.0. The molecule has 0 rings (SSSR count). The van der Waals surface area contributed by atoms with Crippen LogP contribution >= 0.6 is 7.82 Å².